The van der Waals surface area contributed by atoms with Crippen LogP contribution in [0.5, 0.6) is 0 Å². The van der Waals surface area contributed by atoms with Gasteiger partial charge in [0.05, 0.1) is 5.69 Å². The van der Waals surface area contributed by atoms with Crippen molar-refractivity contribution in [3.63, 3.8) is 0 Å². The lowest BCUT2D eigenvalue weighted by atomic mass is 9.66. The Morgan fingerprint density at radius 1 is 1.44 bits per heavy atom. The second-order valence-electron chi connectivity index (χ2n) is 5.80. The number of carbonyl (C=O) groups is 1. The number of rotatable bonds is 2. The van der Waals surface area contributed by atoms with E-state index in [4.69, 9.17) is 4.74 Å². The highest BCUT2D eigenvalue weighted by atomic mass is 79.9. The summed E-state index contributed by atoms with van der Waals surface area (Å²) in [6.45, 7) is 5.68. The maximum absolute atomic E-state index is 12.4. The molecule has 1 fully saturated rings. The molecule has 0 atom stereocenters. The molecular weight excluding hydrogens is 294 g/mol. The van der Waals surface area contributed by atoms with Crippen molar-refractivity contribution in [1.82, 2.24) is 4.98 Å². The van der Waals surface area contributed by atoms with Crippen LogP contribution in [0.15, 0.2) is 22.8 Å². The third-order valence-electron chi connectivity index (χ3n) is 3.21. The summed E-state index contributed by atoms with van der Waals surface area (Å²) >= 11 is 3.43. The van der Waals surface area contributed by atoms with E-state index in [9.17, 15) is 4.79 Å². The molecule has 1 heterocycles. The Bertz CT molecular complexity index is 461. The molecule has 1 aromatic heterocycles. The molecule has 0 aromatic carbocycles. The number of hydrogen-bond acceptors (Lipinski definition) is 3. The molecule has 0 saturated heterocycles. The normalized spacial score (nSPS) is 18.0. The van der Waals surface area contributed by atoms with Crippen LogP contribution in [0.1, 0.15) is 45.7 Å². The van der Waals surface area contributed by atoms with Crippen molar-refractivity contribution in [2.75, 3.05) is 0 Å². The Morgan fingerprint density at radius 2 is 2.11 bits per heavy atom. The summed E-state index contributed by atoms with van der Waals surface area (Å²) in [5.74, 6) is -0.146. The maximum atomic E-state index is 12.4. The number of ether oxygens (including phenoxy) is 1. The SMILES string of the molecule is CC(C)(C)OC(=O)C1(c2cc(Br)ccn2)CCC1. The Labute approximate surface area is 116 Å². The van der Waals surface area contributed by atoms with Gasteiger partial charge in [-0.2, -0.15) is 0 Å². The van der Waals surface area contributed by atoms with E-state index in [-0.39, 0.29) is 5.97 Å². The third-order valence-corrected chi connectivity index (χ3v) is 3.70. The lowest BCUT2D eigenvalue weighted by molar-refractivity contribution is -0.166. The molecule has 1 aromatic rings. The van der Waals surface area contributed by atoms with Crippen LogP contribution in [0.3, 0.4) is 0 Å². The van der Waals surface area contributed by atoms with Gasteiger partial charge in [0.2, 0.25) is 0 Å². The number of halogens is 1. The molecule has 0 unspecified atom stereocenters. The maximum Gasteiger partial charge on any atom is 0.318 e. The van der Waals surface area contributed by atoms with Crippen LogP contribution in [0.2, 0.25) is 0 Å². The second kappa shape index (κ2) is 4.65. The molecule has 0 amide bonds. The molecule has 18 heavy (non-hydrogen) atoms. The van der Waals surface area contributed by atoms with Gasteiger partial charge in [-0.25, -0.2) is 0 Å². The standard InChI is InChI=1S/C14H18BrNO2/c1-13(2,3)18-12(17)14(6-4-7-14)11-9-10(15)5-8-16-11/h5,8-9H,4,6-7H2,1-3H3. The van der Waals surface area contributed by atoms with E-state index >= 15 is 0 Å². The summed E-state index contributed by atoms with van der Waals surface area (Å²) in [6, 6.07) is 3.79. The fourth-order valence-electron chi connectivity index (χ4n) is 2.14. The van der Waals surface area contributed by atoms with E-state index < -0.39 is 11.0 Å². The molecule has 98 valence electrons. The first-order valence-electron chi connectivity index (χ1n) is 6.19. The van der Waals surface area contributed by atoms with Crippen molar-refractivity contribution in [1.29, 1.82) is 0 Å². The van der Waals surface area contributed by atoms with Crippen LogP contribution >= 0.6 is 15.9 Å². The predicted molar refractivity (Wildman–Crippen MR) is 73.3 cm³/mol. The average molecular weight is 312 g/mol. The molecule has 0 radical (unpaired) electrons. The summed E-state index contributed by atoms with van der Waals surface area (Å²) in [5.41, 5.74) is -0.166. The zero-order valence-corrected chi connectivity index (χ0v) is 12.6. The topological polar surface area (TPSA) is 39.2 Å². The third kappa shape index (κ3) is 2.58. The minimum absolute atomic E-state index is 0.146. The van der Waals surface area contributed by atoms with Crippen molar-refractivity contribution in [3.05, 3.63) is 28.5 Å². The number of pyridine rings is 1. The summed E-state index contributed by atoms with van der Waals surface area (Å²) in [5, 5.41) is 0. The zero-order valence-electron chi connectivity index (χ0n) is 11.0. The number of nitrogens with zero attached hydrogens (tertiary/aromatic N) is 1. The van der Waals surface area contributed by atoms with E-state index in [2.05, 4.69) is 20.9 Å². The Hall–Kier alpha value is -0.900. The molecule has 1 saturated carbocycles. The van der Waals surface area contributed by atoms with Gasteiger partial charge in [-0.3, -0.25) is 9.78 Å². The van der Waals surface area contributed by atoms with Crippen LogP contribution < -0.4 is 0 Å². The molecule has 1 aliphatic rings. The highest BCUT2D eigenvalue weighted by Crippen LogP contribution is 2.45. The van der Waals surface area contributed by atoms with Crippen LogP contribution in [0.25, 0.3) is 0 Å². The van der Waals surface area contributed by atoms with Crippen molar-refractivity contribution in [2.45, 2.75) is 51.0 Å². The molecular formula is C14H18BrNO2. The summed E-state index contributed by atoms with van der Waals surface area (Å²) < 4.78 is 6.49. The zero-order chi connectivity index (χ0) is 13.4. The van der Waals surface area contributed by atoms with Crippen LogP contribution in [0.4, 0.5) is 0 Å². The van der Waals surface area contributed by atoms with Gasteiger partial charge in [-0.05, 0) is 45.7 Å². The van der Waals surface area contributed by atoms with E-state index in [0.717, 1.165) is 29.4 Å². The lowest BCUT2D eigenvalue weighted by Gasteiger charge is -2.40. The monoisotopic (exact) mass is 311 g/mol. The quantitative estimate of drug-likeness (QED) is 0.783. The molecule has 4 heteroatoms. The fraction of sp³-hybridized carbons (Fsp3) is 0.571. The van der Waals surface area contributed by atoms with Crippen LogP contribution in [-0.2, 0) is 14.9 Å². The predicted octanol–water partition coefficient (Wildman–Crippen LogP) is 3.61. The average Bonchev–Trinajstić information content (AvgIpc) is 2.12. The van der Waals surface area contributed by atoms with E-state index in [0.29, 0.717) is 0 Å². The van der Waals surface area contributed by atoms with Gasteiger partial charge in [-0.1, -0.05) is 22.4 Å². The molecule has 2 rings (SSSR count). The first-order valence-corrected chi connectivity index (χ1v) is 6.98. The van der Waals surface area contributed by atoms with E-state index in [1.807, 2.05) is 32.9 Å². The Kier molecular flexibility index (Phi) is 3.49. The molecule has 0 bridgehead atoms. The lowest BCUT2D eigenvalue weighted by Crippen LogP contribution is -2.46. The van der Waals surface area contributed by atoms with Crippen LogP contribution in [-0.4, -0.2) is 16.6 Å². The highest BCUT2D eigenvalue weighted by molar-refractivity contribution is 9.10. The van der Waals surface area contributed by atoms with E-state index in [1.165, 1.54) is 0 Å². The number of esters is 1. The molecule has 0 spiro atoms. The van der Waals surface area contributed by atoms with Gasteiger partial charge in [-0.15, -0.1) is 0 Å². The Morgan fingerprint density at radius 3 is 2.56 bits per heavy atom. The van der Waals surface area contributed by atoms with Gasteiger partial charge in [0.15, 0.2) is 0 Å². The molecule has 0 aliphatic heterocycles. The summed E-state index contributed by atoms with van der Waals surface area (Å²) in [4.78, 5) is 16.8. The molecule has 0 N–H and O–H groups in total. The van der Waals surface area contributed by atoms with Crippen molar-refractivity contribution in [2.24, 2.45) is 0 Å². The van der Waals surface area contributed by atoms with Crippen molar-refractivity contribution < 1.29 is 9.53 Å². The van der Waals surface area contributed by atoms with Gasteiger partial charge in [0.1, 0.15) is 11.0 Å². The number of aromatic nitrogens is 1. The van der Waals surface area contributed by atoms with Crippen molar-refractivity contribution >= 4 is 21.9 Å². The van der Waals surface area contributed by atoms with Gasteiger partial charge in [0, 0.05) is 10.7 Å². The van der Waals surface area contributed by atoms with Gasteiger partial charge in [0.25, 0.3) is 0 Å². The minimum Gasteiger partial charge on any atom is -0.459 e. The number of carbonyl (C=O) groups excluding carboxylic acids is 1. The smallest absolute Gasteiger partial charge is 0.318 e. The summed E-state index contributed by atoms with van der Waals surface area (Å²) in [6.07, 6.45) is 4.42. The van der Waals surface area contributed by atoms with Crippen molar-refractivity contribution in [3.8, 4) is 0 Å². The van der Waals surface area contributed by atoms with Gasteiger partial charge >= 0.3 is 5.97 Å². The second-order valence-corrected chi connectivity index (χ2v) is 6.71. The fourth-order valence-corrected chi connectivity index (χ4v) is 2.47. The minimum atomic E-state index is -0.531. The van der Waals surface area contributed by atoms with Gasteiger partial charge < -0.3 is 4.74 Å². The largest absolute Gasteiger partial charge is 0.459 e. The summed E-state index contributed by atoms with van der Waals surface area (Å²) in [7, 11) is 0. The first-order chi connectivity index (χ1) is 8.33. The van der Waals surface area contributed by atoms with Crippen LogP contribution in [0, 0.1) is 0 Å². The first kappa shape index (κ1) is 13.5. The number of hydrogen-bond donors (Lipinski definition) is 0. The molecule has 1 aliphatic carbocycles. The molecule has 3 nitrogen and oxygen atoms in total. The van der Waals surface area contributed by atoms with E-state index in [1.54, 1.807) is 6.20 Å². The highest BCUT2D eigenvalue weighted by Gasteiger charge is 2.49. The Balaban J connectivity index is 2.29.